The van der Waals surface area contributed by atoms with Crippen molar-refractivity contribution >= 4 is 5.69 Å². The zero-order chi connectivity index (χ0) is 12.5. The van der Waals surface area contributed by atoms with Crippen LogP contribution < -0.4 is 5.73 Å². The van der Waals surface area contributed by atoms with Gasteiger partial charge in [0.2, 0.25) is 0 Å². The number of hydrogen-bond acceptors (Lipinski definition) is 3. The highest BCUT2D eigenvalue weighted by atomic mass is 14.9. The molecular formula is C15H17N3. The van der Waals surface area contributed by atoms with Gasteiger partial charge in [-0.25, -0.2) is 9.97 Å². The topological polar surface area (TPSA) is 51.8 Å². The van der Waals surface area contributed by atoms with Gasteiger partial charge in [0.1, 0.15) is 0 Å². The Morgan fingerprint density at radius 1 is 1.06 bits per heavy atom. The lowest BCUT2D eigenvalue weighted by atomic mass is 9.94. The molecule has 1 aromatic carbocycles. The monoisotopic (exact) mass is 239 g/mol. The lowest BCUT2D eigenvalue weighted by molar-refractivity contribution is 0.658. The van der Waals surface area contributed by atoms with Crippen molar-refractivity contribution in [3.8, 4) is 11.4 Å². The molecule has 0 amide bonds. The van der Waals surface area contributed by atoms with Gasteiger partial charge in [-0.3, -0.25) is 0 Å². The van der Waals surface area contributed by atoms with Crippen molar-refractivity contribution in [3.63, 3.8) is 0 Å². The Bertz CT molecular complexity index is 590. The molecule has 0 spiro atoms. The molecule has 1 aliphatic carbocycles. The van der Waals surface area contributed by atoms with Crippen LogP contribution >= 0.6 is 0 Å². The Hall–Kier alpha value is -1.90. The molecule has 0 fully saturated rings. The minimum Gasteiger partial charge on any atom is -0.398 e. The molecule has 0 saturated carbocycles. The van der Waals surface area contributed by atoms with Gasteiger partial charge in [-0.15, -0.1) is 0 Å². The zero-order valence-corrected chi connectivity index (χ0v) is 10.6. The van der Waals surface area contributed by atoms with Crippen LogP contribution in [0.15, 0.2) is 24.3 Å². The van der Waals surface area contributed by atoms with Gasteiger partial charge in [-0.1, -0.05) is 12.1 Å². The van der Waals surface area contributed by atoms with Crippen molar-refractivity contribution in [2.24, 2.45) is 0 Å². The molecule has 3 nitrogen and oxygen atoms in total. The summed E-state index contributed by atoms with van der Waals surface area (Å²) in [5, 5.41) is 0. The normalized spacial score (nSPS) is 14.3. The molecule has 0 radical (unpaired) electrons. The van der Waals surface area contributed by atoms with Gasteiger partial charge in [0, 0.05) is 22.6 Å². The maximum absolute atomic E-state index is 6.00. The Balaban J connectivity index is 2.14. The molecule has 0 atom stereocenters. The average molecular weight is 239 g/mol. The van der Waals surface area contributed by atoms with E-state index in [0.29, 0.717) is 0 Å². The summed E-state index contributed by atoms with van der Waals surface area (Å²) in [6.45, 7) is 2.08. The summed E-state index contributed by atoms with van der Waals surface area (Å²) in [5.74, 6) is 0.770. The lowest BCUT2D eigenvalue weighted by Gasteiger charge is -2.17. The van der Waals surface area contributed by atoms with Crippen LogP contribution in [0, 0.1) is 6.92 Å². The minimum absolute atomic E-state index is 0.743. The summed E-state index contributed by atoms with van der Waals surface area (Å²) in [5.41, 5.74) is 11.4. The fourth-order valence-corrected chi connectivity index (χ4v) is 2.60. The molecule has 2 aromatic rings. The summed E-state index contributed by atoms with van der Waals surface area (Å²) in [7, 11) is 0. The van der Waals surface area contributed by atoms with Crippen LogP contribution in [0.25, 0.3) is 11.4 Å². The van der Waals surface area contributed by atoms with Crippen molar-refractivity contribution in [2.75, 3.05) is 5.73 Å². The number of anilines is 1. The van der Waals surface area contributed by atoms with Gasteiger partial charge < -0.3 is 5.73 Å². The smallest absolute Gasteiger partial charge is 0.161 e. The Morgan fingerprint density at radius 2 is 1.83 bits per heavy atom. The second-order valence-corrected chi connectivity index (χ2v) is 4.85. The summed E-state index contributed by atoms with van der Waals surface area (Å²) < 4.78 is 0. The summed E-state index contributed by atoms with van der Waals surface area (Å²) in [6, 6.07) is 7.79. The second kappa shape index (κ2) is 4.41. The average Bonchev–Trinajstić information content (AvgIpc) is 2.39. The molecule has 18 heavy (non-hydrogen) atoms. The number of benzene rings is 1. The number of nitrogens with zero attached hydrogens (tertiary/aromatic N) is 2. The van der Waals surface area contributed by atoms with E-state index in [4.69, 9.17) is 10.7 Å². The maximum atomic E-state index is 6.00. The fraction of sp³-hybridized carbons (Fsp3) is 0.333. The molecule has 0 saturated heterocycles. The van der Waals surface area contributed by atoms with Gasteiger partial charge in [0.25, 0.3) is 0 Å². The molecule has 3 rings (SSSR count). The second-order valence-electron chi connectivity index (χ2n) is 4.85. The first-order valence-corrected chi connectivity index (χ1v) is 6.47. The van der Waals surface area contributed by atoms with Gasteiger partial charge in [0.15, 0.2) is 5.82 Å². The van der Waals surface area contributed by atoms with Gasteiger partial charge in [-0.05, 0) is 50.3 Å². The lowest BCUT2D eigenvalue weighted by Crippen LogP contribution is -2.10. The molecule has 0 aliphatic heterocycles. The molecule has 1 aliphatic rings. The number of rotatable bonds is 1. The Labute approximate surface area is 107 Å². The quantitative estimate of drug-likeness (QED) is 0.778. The predicted octanol–water partition coefficient (Wildman–Crippen LogP) is 2.91. The molecule has 92 valence electrons. The van der Waals surface area contributed by atoms with Crippen molar-refractivity contribution in [1.29, 1.82) is 0 Å². The third-order valence-electron chi connectivity index (χ3n) is 3.59. The van der Waals surface area contributed by atoms with Gasteiger partial charge >= 0.3 is 0 Å². The van der Waals surface area contributed by atoms with Crippen LogP contribution in [-0.2, 0) is 12.8 Å². The van der Waals surface area contributed by atoms with E-state index in [1.807, 2.05) is 24.3 Å². The molecule has 3 heteroatoms. The largest absolute Gasteiger partial charge is 0.398 e. The molecule has 1 aromatic heterocycles. The molecule has 0 bridgehead atoms. The van der Waals surface area contributed by atoms with Gasteiger partial charge in [-0.2, -0.15) is 0 Å². The van der Waals surface area contributed by atoms with Crippen LogP contribution in [0.5, 0.6) is 0 Å². The first kappa shape index (κ1) is 11.2. The van der Waals surface area contributed by atoms with E-state index < -0.39 is 0 Å². The number of para-hydroxylation sites is 1. The van der Waals surface area contributed by atoms with Crippen molar-refractivity contribution in [3.05, 3.63) is 41.2 Å². The van der Waals surface area contributed by atoms with Crippen LogP contribution in [-0.4, -0.2) is 9.97 Å². The fourth-order valence-electron chi connectivity index (χ4n) is 2.60. The number of aromatic nitrogens is 2. The standard InChI is InChI=1S/C15H17N3/c1-10-11-6-3-5-9-14(11)18-15(17-10)12-7-2-4-8-13(12)16/h2,4,7-8H,3,5-6,9,16H2,1H3. The number of nitrogen functional groups attached to an aromatic ring is 1. The molecular weight excluding hydrogens is 222 g/mol. The van der Waals surface area contributed by atoms with Crippen LogP contribution in [0.2, 0.25) is 0 Å². The van der Waals surface area contributed by atoms with Crippen molar-refractivity contribution in [1.82, 2.24) is 9.97 Å². The van der Waals surface area contributed by atoms with Crippen LogP contribution in [0.1, 0.15) is 29.8 Å². The van der Waals surface area contributed by atoms with Gasteiger partial charge in [0.05, 0.1) is 0 Å². The third-order valence-corrected chi connectivity index (χ3v) is 3.59. The Kier molecular flexibility index (Phi) is 2.74. The highest BCUT2D eigenvalue weighted by molar-refractivity contribution is 5.71. The van der Waals surface area contributed by atoms with E-state index in [0.717, 1.165) is 35.6 Å². The summed E-state index contributed by atoms with van der Waals surface area (Å²) in [6.07, 6.45) is 4.67. The number of aryl methyl sites for hydroxylation is 2. The maximum Gasteiger partial charge on any atom is 0.161 e. The number of hydrogen-bond donors (Lipinski definition) is 1. The summed E-state index contributed by atoms with van der Waals surface area (Å²) >= 11 is 0. The SMILES string of the molecule is Cc1nc(-c2ccccc2N)nc2c1CCCC2. The van der Waals surface area contributed by atoms with Crippen LogP contribution in [0.4, 0.5) is 5.69 Å². The van der Waals surface area contributed by atoms with E-state index in [9.17, 15) is 0 Å². The molecule has 0 unspecified atom stereocenters. The molecule has 1 heterocycles. The van der Waals surface area contributed by atoms with E-state index >= 15 is 0 Å². The third kappa shape index (κ3) is 1.86. The Morgan fingerprint density at radius 3 is 2.67 bits per heavy atom. The predicted molar refractivity (Wildman–Crippen MR) is 73.3 cm³/mol. The van der Waals surface area contributed by atoms with E-state index in [1.54, 1.807) is 0 Å². The van der Waals surface area contributed by atoms with Crippen molar-refractivity contribution in [2.45, 2.75) is 32.6 Å². The van der Waals surface area contributed by atoms with E-state index in [2.05, 4.69) is 11.9 Å². The van der Waals surface area contributed by atoms with Crippen LogP contribution in [0.3, 0.4) is 0 Å². The highest BCUT2D eigenvalue weighted by Gasteiger charge is 2.16. The molecule has 2 N–H and O–H groups in total. The first-order valence-electron chi connectivity index (χ1n) is 6.47. The summed E-state index contributed by atoms with van der Waals surface area (Å²) in [4.78, 5) is 9.34. The zero-order valence-electron chi connectivity index (χ0n) is 10.6. The highest BCUT2D eigenvalue weighted by Crippen LogP contribution is 2.27. The van der Waals surface area contributed by atoms with E-state index in [1.165, 1.54) is 24.1 Å². The first-order chi connectivity index (χ1) is 8.75. The minimum atomic E-state index is 0.743. The number of nitrogens with two attached hydrogens (primary N) is 1. The van der Waals surface area contributed by atoms with E-state index in [-0.39, 0.29) is 0 Å². The number of fused-ring (bicyclic) bond motifs is 1. The van der Waals surface area contributed by atoms with Crippen molar-refractivity contribution < 1.29 is 0 Å².